The largest absolute Gasteiger partial charge is 0.317 e. The number of carbonyl (C=O) groups is 1. The molecule has 0 unspecified atom stereocenters. The van der Waals surface area contributed by atoms with E-state index in [1.54, 1.807) is 11.3 Å². The molecule has 2 heterocycles. The fourth-order valence-corrected chi connectivity index (χ4v) is 5.15. The number of carbonyl (C=O) groups excluding carboxylic acids is 1. The van der Waals surface area contributed by atoms with Crippen LogP contribution in [0.1, 0.15) is 76.0 Å². The minimum Gasteiger partial charge on any atom is -0.317 e. The maximum absolute atomic E-state index is 13.7. The Hall–Kier alpha value is -1.31. The van der Waals surface area contributed by atoms with Crippen molar-refractivity contribution >= 4 is 22.9 Å². The van der Waals surface area contributed by atoms with E-state index in [9.17, 15) is 4.79 Å². The van der Waals surface area contributed by atoms with Gasteiger partial charge in [0.05, 0.1) is 10.6 Å². The maximum Gasteiger partial charge on any atom is 0.230 e. The quantitative estimate of drug-likeness (QED) is 0.692. The molecule has 0 radical (unpaired) electrons. The van der Waals surface area contributed by atoms with Crippen molar-refractivity contribution in [2.75, 3.05) is 18.0 Å². The molecular weight excluding hydrogens is 364 g/mol. The number of thiophene rings is 1. The van der Waals surface area contributed by atoms with Crippen molar-refractivity contribution in [2.24, 2.45) is 17.3 Å². The SMILES string of the molecule is Cc1sc(C#CC(C)(C)C)cc1N(C(=O)C1CCC(C)CC1)C1CCNCC1. The smallest absolute Gasteiger partial charge is 0.230 e. The Kier molecular flexibility index (Phi) is 6.89. The molecule has 28 heavy (non-hydrogen) atoms. The van der Waals surface area contributed by atoms with Gasteiger partial charge in [-0.15, -0.1) is 11.3 Å². The number of nitrogens with zero attached hydrogens (tertiary/aromatic N) is 1. The third-order valence-electron chi connectivity index (χ3n) is 5.99. The first kappa shape index (κ1) is 21.4. The zero-order valence-corrected chi connectivity index (χ0v) is 19.0. The van der Waals surface area contributed by atoms with E-state index in [1.165, 1.54) is 17.7 Å². The fourth-order valence-electron chi connectivity index (χ4n) is 4.29. The van der Waals surface area contributed by atoms with Crippen molar-refractivity contribution in [1.82, 2.24) is 5.32 Å². The summed E-state index contributed by atoms with van der Waals surface area (Å²) in [7, 11) is 0. The van der Waals surface area contributed by atoms with Gasteiger partial charge in [0, 0.05) is 22.3 Å². The van der Waals surface area contributed by atoms with E-state index >= 15 is 0 Å². The average Bonchev–Trinajstić information content (AvgIpc) is 3.02. The van der Waals surface area contributed by atoms with Gasteiger partial charge in [0.1, 0.15) is 0 Å². The van der Waals surface area contributed by atoms with Gasteiger partial charge >= 0.3 is 0 Å². The number of hydrogen-bond acceptors (Lipinski definition) is 3. The predicted molar refractivity (Wildman–Crippen MR) is 120 cm³/mol. The van der Waals surface area contributed by atoms with Crippen molar-refractivity contribution in [3.8, 4) is 11.8 Å². The molecule has 0 atom stereocenters. The van der Waals surface area contributed by atoms with E-state index in [-0.39, 0.29) is 11.3 Å². The Morgan fingerprint density at radius 3 is 2.39 bits per heavy atom. The van der Waals surface area contributed by atoms with Crippen LogP contribution < -0.4 is 10.2 Å². The second kappa shape index (κ2) is 9.01. The molecule has 0 spiro atoms. The van der Waals surface area contributed by atoms with E-state index < -0.39 is 0 Å². The van der Waals surface area contributed by atoms with Gasteiger partial charge in [-0.2, -0.15) is 0 Å². The fraction of sp³-hybridized carbons (Fsp3) is 0.708. The number of piperidine rings is 1. The highest BCUT2D eigenvalue weighted by Crippen LogP contribution is 2.36. The summed E-state index contributed by atoms with van der Waals surface area (Å²) in [5, 5.41) is 3.44. The van der Waals surface area contributed by atoms with Gasteiger partial charge in [-0.3, -0.25) is 4.79 Å². The summed E-state index contributed by atoms with van der Waals surface area (Å²) in [6.07, 6.45) is 6.52. The third-order valence-corrected chi connectivity index (χ3v) is 6.94. The molecule has 3 nitrogen and oxygen atoms in total. The van der Waals surface area contributed by atoms with Crippen LogP contribution in [0.4, 0.5) is 5.69 Å². The Morgan fingerprint density at radius 2 is 1.79 bits per heavy atom. The topological polar surface area (TPSA) is 32.3 Å². The van der Waals surface area contributed by atoms with Gasteiger partial charge in [0.2, 0.25) is 5.91 Å². The van der Waals surface area contributed by atoms with E-state index in [0.29, 0.717) is 11.9 Å². The standard InChI is InChI=1S/C24H36N2OS/c1-17-6-8-19(9-7-17)23(27)26(20-11-14-25-15-12-20)22-16-21(28-18(22)2)10-13-24(3,4)5/h16-17,19-20,25H,6-9,11-12,14-15H2,1-5H3. The monoisotopic (exact) mass is 400 g/mol. The highest BCUT2D eigenvalue weighted by atomic mass is 32.1. The second-order valence-corrected chi connectivity index (χ2v) is 11.0. The van der Waals surface area contributed by atoms with Crippen LogP contribution in [0.25, 0.3) is 0 Å². The van der Waals surface area contributed by atoms with Gasteiger partial charge in [-0.1, -0.05) is 18.8 Å². The van der Waals surface area contributed by atoms with Gasteiger partial charge in [-0.25, -0.2) is 0 Å². The lowest BCUT2D eigenvalue weighted by atomic mass is 9.82. The summed E-state index contributed by atoms with van der Waals surface area (Å²) in [6, 6.07) is 2.48. The average molecular weight is 401 g/mol. The van der Waals surface area contributed by atoms with Gasteiger partial charge < -0.3 is 10.2 Å². The minimum atomic E-state index is -0.0125. The number of nitrogens with one attached hydrogen (secondary N) is 1. The van der Waals surface area contributed by atoms with E-state index in [2.05, 4.69) is 62.7 Å². The summed E-state index contributed by atoms with van der Waals surface area (Å²) >= 11 is 1.73. The Bertz CT molecular complexity index is 735. The molecule has 4 heteroatoms. The lowest BCUT2D eigenvalue weighted by molar-refractivity contribution is -0.124. The maximum atomic E-state index is 13.7. The van der Waals surface area contributed by atoms with Crippen LogP contribution >= 0.6 is 11.3 Å². The molecule has 154 valence electrons. The van der Waals surface area contributed by atoms with Crippen LogP contribution in [0.5, 0.6) is 0 Å². The van der Waals surface area contributed by atoms with Crippen molar-refractivity contribution in [3.63, 3.8) is 0 Å². The van der Waals surface area contributed by atoms with Gasteiger partial charge in [-0.05, 0) is 91.3 Å². The highest BCUT2D eigenvalue weighted by molar-refractivity contribution is 7.13. The van der Waals surface area contributed by atoms with E-state index in [4.69, 9.17) is 0 Å². The number of rotatable bonds is 3. The molecule has 0 bridgehead atoms. The first-order valence-electron chi connectivity index (χ1n) is 10.9. The van der Waals surface area contributed by atoms with Crippen LogP contribution in [0.15, 0.2) is 6.07 Å². The van der Waals surface area contributed by atoms with Crippen molar-refractivity contribution < 1.29 is 4.79 Å². The summed E-state index contributed by atoms with van der Waals surface area (Å²) in [5.41, 5.74) is 1.10. The normalized spacial score (nSPS) is 23.8. The van der Waals surface area contributed by atoms with Crippen molar-refractivity contribution in [1.29, 1.82) is 0 Å². The highest BCUT2D eigenvalue weighted by Gasteiger charge is 2.34. The van der Waals surface area contributed by atoms with E-state index in [1.807, 2.05) is 0 Å². The lowest BCUT2D eigenvalue weighted by Crippen LogP contribution is -2.49. The summed E-state index contributed by atoms with van der Waals surface area (Å²) in [5.74, 6) is 8.00. The predicted octanol–water partition coefficient (Wildman–Crippen LogP) is 5.37. The summed E-state index contributed by atoms with van der Waals surface area (Å²) in [4.78, 5) is 18.1. The molecule has 2 aliphatic rings. The molecule has 1 aliphatic heterocycles. The Morgan fingerprint density at radius 1 is 1.14 bits per heavy atom. The number of anilines is 1. The van der Waals surface area contributed by atoms with Crippen molar-refractivity contribution in [3.05, 3.63) is 15.8 Å². The second-order valence-electron chi connectivity index (χ2n) is 9.70. The molecule has 0 aromatic carbocycles. The number of hydrogen-bond donors (Lipinski definition) is 1. The molecule has 1 aromatic heterocycles. The number of aryl methyl sites for hydroxylation is 1. The molecule has 1 aliphatic carbocycles. The van der Waals surface area contributed by atoms with Gasteiger partial charge in [0.15, 0.2) is 0 Å². The molecular formula is C24H36N2OS. The Labute approximate surface area is 175 Å². The van der Waals surface area contributed by atoms with Crippen LogP contribution in [0.3, 0.4) is 0 Å². The zero-order chi connectivity index (χ0) is 20.3. The molecule has 1 N–H and O–H groups in total. The van der Waals surface area contributed by atoms with Crippen LogP contribution in [-0.4, -0.2) is 25.0 Å². The molecule has 1 aromatic rings. The zero-order valence-electron chi connectivity index (χ0n) is 18.2. The Balaban J connectivity index is 1.89. The molecule has 1 saturated carbocycles. The van der Waals surface area contributed by atoms with Crippen LogP contribution in [0.2, 0.25) is 0 Å². The van der Waals surface area contributed by atoms with E-state index in [0.717, 1.165) is 55.3 Å². The summed E-state index contributed by atoms with van der Waals surface area (Å²) < 4.78 is 0. The molecule has 1 amide bonds. The van der Waals surface area contributed by atoms with Crippen LogP contribution in [-0.2, 0) is 4.79 Å². The third kappa shape index (κ3) is 5.39. The summed E-state index contributed by atoms with van der Waals surface area (Å²) in [6.45, 7) is 12.9. The number of amides is 1. The van der Waals surface area contributed by atoms with Crippen LogP contribution in [0, 0.1) is 36.0 Å². The molecule has 2 fully saturated rings. The first-order valence-corrected chi connectivity index (χ1v) is 11.7. The first-order chi connectivity index (χ1) is 13.2. The molecule has 3 rings (SSSR count). The molecule has 1 saturated heterocycles. The van der Waals surface area contributed by atoms with Gasteiger partial charge in [0.25, 0.3) is 0 Å². The van der Waals surface area contributed by atoms with Crippen molar-refractivity contribution in [2.45, 2.75) is 79.2 Å². The lowest BCUT2D eigenvalue weighted by Gasteiger charge is -2.38. The minimum absolute atomic E-state index is 0.0125.